The molecule has 0 aromatic heterocycles. The molecule has 2 aromatic carbocycles. The van der Waals surface area contributed by atoms with Crippen molar-refractivity contribution >= 4 is 0 Å². The van der Waals surface area contributed by atoms with Gasteiger partial charge in [0.05, 0.1) is 13.2 Å². The van der Waals surface area contributed by atoms with Crippen LogP contribution < -0.4 is 4.74 Å². The van der Waals surface area contributed by atoms with Crippen LogP contribution in [0.25, 0.3) is 0 Å². The SMILES string of the molecule is Oc1cc(C2OCCO2)ccc1OCc1ccccc1. The van der Waals surface area contributed by atoms with Crippen molar-refractivity contribution in [3.63, 3.8) is 0 Å². The molecule has 20 heavy (non-hydrogen) atoms. The van der Waals surface area contributed by atoms with Crippen LogP contribution >= 0.6 is 0 Å². The van der Waals surface area contributed by atoms with Gasteiger partial charge in [0.25, 0.3) is 0 Å². The summed E-state index contributed by atoms with van der Waals surface area (Å²) < 4.78 is 16.4. The molecule has 0 atom stereocenters. The Hall–Kier alpha value is -2.04. The molecule has 1 N–H and O–H groups in total. The molecule has 3 rings (SSSR count). The number of ether oxygens (including phenoxy) is 3. The first-order chi connectivity index (χ1) is 9.83. The monoisotopic (exact) mass is 272 g/mol. The molecular weight excluding hydrogens is 256 g/mol. The molecule has 0 bridgehead atoms. The fraction of sp³-hybridized carbons (Fsp3) is 0.250. The van der Waals surface area contributed by atoms with Crippen LogP contribution in [0.3, 0.4) is 0 Å². The molecule has 0 amide bonds. The molecule has 0 radical (unpaired) electrons. The van der Waals surface area contributed by atoms with Crippen molar-refractivity contribution in [1.29, 1.82) is 0 Å². The predicted molar refractivity (Wildman–Crippen MR) is 73.5 cm³/mol. The average molecular weight is 272 g/mol. The highest BCUT2D eigenvalue weighted by Crippen LogP contribution is 2.32. The normalized spacial score (nSPS) is 15.4. The second-order valence-corrected chi connectivity index (χ2v) is 4.57. The van der Waals surface area contributed by atoms with Gasteiger partial charge in [-0.25, -0.2) is 0 Å². The third-order valence-corrected chi connectivity index (χ3v) is 3.11. The maximum atomic E-state index is 9.99. The maximum Gasteiger partial charge on any atom is 0.184 e. The van der Waals surface area contributed by atoms with E-state index in [2.05, 4.69) is 0 Å². The van der Waals surface area contributed by atoms with Crippen molar-refractivity contribution in [2.45, 2.75) is 12.9 Å². The summed E-state index contributed by atoms with van der Waals surface area (Å²) in [6, 6.07) is 15.0. The lowest BCUT2D eigenvalue weighted by atomic mass is 10.2. The Morgan fingerprint density at radius 1 is 1.05 bits per heavy atom. The maximum absolute atomic E-state index is 9.99. The van der Waals surface area contributed by atoms with E-state index in [9.17, 15) is 5.11 Å². The Kier molecular flexibility index (Phi) is 3.85. The number of benzene rings is 2. The van der Waals surface area contributed by atoms with Crippen LogP contribution in [-0.4, -0.2) is 18.3 Å². The summed E-state index contributed by atoms with van der Waals surface area (Å²) in [6.07, 6.45) is -0.385. The van der Waals surface area contributed by atoms with E-state index < -0.39 is 0 Å². The van der Waals surface area contributed by atoms with Gasteiger partial charge in [0.2, 0.25) is 0 Å². The minimum atomic E-state index is -0.385. The predicted octanol–water partition coefficient (Wildman–Crippen LogP) is 3.02. The van der Waals surface area contributed by atoms with Gasteiger partial charge in [0, 0.05) is 5.56 Å². The van der Waals surface area contributed by atoms with Crippen LogP contribution in [0.1, 0.15) is 17.4 Å². The van der Waals surface area contributed by atoms with Crippen molar-refractivity contribution in [1.82, 2.24) is 0 Å². The molecule has 1 heterocycles. The molecule has 1 aliphatic heterocycles. The van der Waals surface area contributed by atoms with E-state index in [1.807, 2.05) is 36.4 Å². The summed E-state index contributed by atoms with van der Waals surface area (Å²) in [5.41, 5.74) is 1.85. The lowest BCUT2D eigenvalue weighted by Crippen LogP contribution is -1.99. The molecule has 0 unspecified atom stereocenters. The molecule has 1 fully saturated rings. The van der Waals surface area contributed by atoms with Crippen LogP contribution in [0.15, 0.2) is 48.5 Å². The molecule has 1 aliphatic rings. The molecule has 2 aromatic rings. The fourth-order valence-corrected chi connectivity index (χ4v) is 2.09. The van der Waals surface area contributed by atoms with Gasteiger partial charge in [0.15, 0.2) is 17.8 Å². The van der Waals surface area contributed by atoms with Gasteiger partial charge in [-0.15, -0.1) is 0 Å². The Bertz CT molecular complexity index is 562. The second kappa shape index (κ2) is 5.94. The summed E-state index contributed by atoms with van der Waals surface area (Å²) in [6.45, 7) is 1.58. The van der Waals surface area contributed by atoms with Gasteiger partial charge in [-0.1, -0.05) is 36.4 Å². The van der Waals surface area contributed by atoms with E-state index in [0.29, 0.717) is 25.6 Å². The Morgan fingerprint density at radius 2 is 1.80 bits per heavy atom. The second-order valence-electron chi connectivity index (χ2n) is 4.57. The molecule has 104 valence electrons. The quantitative estimate of drug-likeness (QED) is 0.929. The van der Waals surface area contributed by atoms with Crippen molar-refractivity contribution < 1.29 is 19.3 Å². The van der Waals surface area contributed by atoms with Gasteiger partial charge >= 0.3 is 0 Å². The van der Waals surface area contributed by atoms with Crippen LogP contribution in [0.2, 0.25) is 0 Å². The van der Waals surface area contributed by atoms with E-state index in [-0.39, 0.29) is 12.0 Å². The van der Waals surface area contributed by atoms with Crippen molar-refractivity contribution in [2.24, 2.45) is 0 Å². The fourth-order valence-electron chi connectivity index (χ4n) is 2.09. The average Bonchev–Trinajstić information content (AvgIpc) is 3.01. The Morgan fingerprint density at radius 3 is 2.50 bits per heavy atom. The first-order valence-electron chi connectivity index (χ1n) is 6.56. The van der Waals surface area contributed by atoms with Gasteiger partial charge in [0.1, 0.15) is 6.61 Å². The molecule has 0 spiro atoms. The summed E-state index contributed by atoms with van der Waals surface area (Å²) in [7, 11) is 0. The first-order valence-corrected chi connectivity index (χ1v) is 6.56. The van der Waals surface area contributed by atoms with E-state index in [1.54, 1.807) is 12.1 Å². The largest absolute Gasteiger partial charge is 0.504 e. The lowest BCUT2D eigenvalue weighted by Gasteiger charge is -2.12. The number of phenolic OH excluding ortho intramolecular Hbond substituents is 1. The molecule has 4 heteroatoms. The smallest absolute Gasteiger partial charge is 0.184 e. The lowest BCUT2D eigenvalue weighted by molar-refractivity contribution is -0.0442. The third-order valence-electron chi connectivity index (χ3n) is 3.11. The van der Waals surface area contributed by atoms with Gasteiger partial charge in [-0.2, -0.15) is 0 Å². The van der Waals surface area contributed by atoms with E-state index >= 15 is 0 Å². The third kappa shape index (κ3) is 2.92. The molecule has 0 aliphatic carbocycles. The highest BCUT2D eigenvalue weighted by Gasteiger charge is 2.19. The summed E-state index contributed by atoms with van der Waals surface area (Å²) in [5.74, 6) is 0.549. The standard InChI is InChI=1S/C16H16O4/c17-14-10-13(16-18-8-9-19-16)6-7-15(14)20-11-12-4-2-1-3-5-12/h1-7,10,16-17H,8-9,11H2. The molecule has 0 saturated carbocycles. The number of hydrogen-bond acceptors (Lipinski definition) is 4. The topological polar surface area (TPSA) is 47.9 Å². The van der Waals surface area contributed by atoms with Crippen LogP contribution in [0.5, 0.6) is 11.5 Å². The van der Waals surface area contributed by atoms with Crippen molar-refractivity contribution in [3.8, 4) is 11.5 Å². The number of hydrogen-bond donors (Lipinski definition) is 1. The van der Waals surface area contributed by atoms with Gasteiger partial charge in [-0.3, -0.25) is 0 Å². The van der Waals surface area contributed by atoms with E-state index in [4.69, 9.17) is 14.2 Å². The van der Waals surface area contributed by atoms with E-state index in [1.165, 1.54) is 0 Å². The van der Waals surface area contributed by atoms with Crippen molar-refractivity contribution in [3.05, 3.63) is 59.7 Å². The van der Waals surface area contributed by atoms with Crippen LogP contribution in [0, 0.1) is 0 Å². The summed E-state index contributed by atoms with van der Waals surface area (Å²) in [4.78, 5) is 0. The highest BCUT2D eigenvalue weighted by atomic mass is 16.7. The van der Waals surface area contributed by atoms with Crippen molar-refractivity contribution in [2.75, 3.05) is 13.2 Å². The summed E-state index contributed by atoms with van der Waals surface area (Å²) in [5, 5.41) is 9.99. The highest BCUT2D eigenvalue weighted by molar-refractivity contribution is 5.42. The number of aromatic hydroxyl groups is 1. The molecule has 4 nitrogen and oxygen atoms in total. The zero-order chi connectivity index (χ0) is 13.8. The van der Waals surface area contributed by atoms with Crippen LogP contribution in [0.4, 0.5) is 0 Å². The molecule has 1 saturated heterocycles. The zero-order valence-corrected chi connectivity index (χ0v) is 11.0. The summed E-state index contributed by atoms with van der Waals surface area (Å²) >= 11 is 0. The molecular formula is C16H16O4. The number of rotatable bonds is 4. The van der Waals surface area contributed by atoms with Gasteiger partial charge in [-0.05, 0) is 17.7 Å². The Labute approximate surface area is 117 Å². The van der Waals surface area contributed by atoms with E-state index in [0.717, 1.165) is 11.1 Å². The van der Waals surface area contributed by atoms with Gasteiger partial charge < -0.3 is 19.3 Å². The van der Waals surface area contributed by atoms with Crippen LogP contribution in [-0.2, 0) is 16.1 Å². The Balaban J connectivity index is 1.68. The zero-order valence-electron chi connectivity index (χ0n) is 11.0. The number of phenols is 1. The first kappa shape index (κ1) is 13.0. The minimum absolute atomic E-state index is 0.0949. The minimum Gasteiger partial charge on any atom is -0.504 e.